The molecule has 0 spiro atoms. The van der Waals surface area contributed by atoms with E-state index in [0.29, 0.717) is 22.6 Å². The van der Waals surface area contributed by atoms with Crippen molar-refractivity contribution in [1.82, 2.24) is 5.43 Å². The van der Waals surface area contributed by atoms with Crippen molar-refractivity contribution in [3.63, 3.8) is 0 Å². The van der Waals surface area contributed by atoms with Gasteiger partial charge in [-0.2, -0.15) is 5.10 Å². The molecule has 1 aromatic carbocycles. The van der Waals surface area contributed by atoms with Crippen molar-refractivity contribution >= 4 is 34.0 Å². The van der Waals surface area contributed by atoms with E-state index in [1.165, 1.54) is 0 Å². The molecular weight excluding hydrogens is 278 g/mol. The lowest BCUT2D eigenvalue weighted by molar-refractivity contribution is 0.414. The van der Waals surface area contributed by atoms with Gasteiger partial charge in [-0.1, -0.05) is 0 Å². The standard InChI is InChI=1S/C13H13N3O3S/c1-7(15-16-13(14)20)10-5-8-3-4-9(18-2)6-11(8)19-12(10)17/h3-6H,1-2H3,(H3,14,16,20)/b15-7+. The number of nitrogens with one attached hydrogen (secondary N) is 1. The molecule has 0 unspecified atom stereocenters. The minimum Gasteiger partial charge on any atom is -0.497 e. The van der Waals surface area contributed by atoms with Crippen LogP contribution in [0, 0.1) is 0 Å². The lowest BCUT2D eigenvalue weighted by atomic mass is 10.1. The Labute approximate surface area is 120 Å². The number of hydrazone groups is 1. The first kappa shape index (κ1) is 14.0. The molecule has 3 N–H and O–H groups in total. The van der Waals surface area contributed by atoms with Gasteiger partial charge in [0.1, 0.15) is 11.3 Å². The number of thiocarbonyl (C=S) groups is 1. The van der Waals surface area contributed by atoms with Crippen LogP contribution in [0.1, 0.15) is 12.5 Å². The van der Waals surface area contributed by atoms with Gasteiger partial charge in [0.25, 0.3) is 0 Å². The summed E-state index contributed by atoms with van der Waals surface area (Å²) in [5, 5.41) is 4.71. The Morgan fingerprint density at radius 2 is 2.20 bits per heavy atom. The van der Waals surface area contributed by atoms with Crippen LogP contribution in [0.5, 0.6) is 5.75 Å². The van der Waals surface area contributed by atoms with Gasteiger partial charge in [0, 0.05) is 11.5 Å². The van der Waals surface area contributed by atoms with Crippen LogP contribution in [0.2, 0.25) is 0 Å². The Balaban J connectivity index is 2.51. The molecule has 104 valence electrons. The van der Waals surface area contributed by atoms with Gasteiger partial charge in [0.2, 0.25) is 0 Å². The maximum absolute atomic E-state index is 11.9. The summed E-state index contributed by atoms with van der Waals surface area (Å²) >= 11 is 4.65. The second kappa shape index (κ2) is 5.70. The third-order valence-corrected chi connectivity index (χ3v) is 2.76. The largest absolute Gasteiger partial charge is 0.497 e. The predicted molar refractivity (Wildman–Crippen MR) is 81.2 cm³/mol. The van der Waals surface area contributed by atoms with Crippen LogP contribution < -0.4 is 21.5 Å². The Bertz CT molecular complexity index is 752. The van der Waals surface area contributed by atoms with E-state index in [2.05, 4.69) is 22.7 Å². The first-order valence-corrected chi connectivity index (χ1v) is 6.14. The molecule has 0 amide bonds. The van der Waals surface area contributed by atoms with E-state index in [4.69, 9.17) is 14.9 Å². The molecule has 0 atom stereocenters. The number of hydrogen-bond donors (Lipinski definition) is 2. The van der Waals surface area contributed by atoms with Crippen molar-refractivity contribution in [2.24, 2.45) is 10.8 Å². The third-order valence-electron chi connectivity index (χ3n) is 2.67. The van der Waals surface area contributed by atoms with Crippen molar-refractivity contribution in [2.75, 3.05) is 7.11 Å². The van der Waals surface area contributed by atoms with Crippen molar-refractivity contribution < 1.29 is 9.15 Å². The zero-order valence-electron chi connectivity index (χ0n) is 11.0. The molecule has 0 aliphatic carbocycles. The Morgan fingerprint density at radius 3 is 2.85 bits per heavy atom. The van der Waals surface area contributed by atoms with Crippen LogP contribution in [0.15, 0.2) is 38.6 Å². The zero-order chi connectivity index (χ0) is 14.7. The minimum atomic E-state index is -0.489. The van der Waals surface area contributed by atoms with Crippen molar-refractivity contribution in [2.45, 2.75) is 6.92 Å². The fraction of sp³-hybridized carbons (Fsp3) is 0.154. The Kier molecular flexibility index (Phi) is 3.99. The van der Waals surface area contributed by atoms with Crippen LogP contribution in [0.3, 0.4) is 0 Å². The van der Waals surface area contributed by atoms with E-state index in [1.807, 2.05) is 0 Å². The summed E-state index contributed by atoms with van der Waals surface area (Å²) < 4.78 is 10.3. The van der Waals surface area contributed by atoms with Gasteiger partial charge in [-0.3, -0.25) is 5.43 Å². The fourth-order valence-electron chi connectivity index (χ4n) is 1.67. The van der Waals surface area contributed by atoms with Gasteiger partial charge in [-0.05, 0) is 37.3 Å². The molecule has 0 fully saturated rings. The lowest BCUT2D eigenvalue weighted by Crippen LogP contribution is -2.26. The average Bonchev–Trinajstić information content (AvgIpc) is 2.43. The number of benzene rings is 1. The van der Waals surface area contributed by atoms with Crippen molar-refractivity contribution in [3.05, 3.63) is 40.2 Å². The number of rotatable bonds is 3. The fourth-order valence-corrected chi connectivity index (χ4v) is 1.72. The SMILES string of the molecule is COc1ccc2cc(/C(C)=N/NC(N)=S)c(=O)oc2c1. The topological polar surface area (TPSA) is 89.9 Å². The summed E-state index contributed by atoms with van der Waals surface area (Å²) in [5.41, 5.74) is 8.45. The van der Waals surface area contributed by atoms with Crippen molar-refractivity contribution in [3.8, 4) is 5.75 Å². The smallest absolute Gasteiger partial charge is 0.345 e. The van der Waals surface area contributed by atoms with Gasteiger partial charge in [-0.15, -0.1) is 0 Å². The maximum atomic E-state index is 11.9. The minimum absolute atomic E-state index is 0.0271. The van der Waals surface area contributed by atoms with Crippen LogP contribution in [-0.4, -0.2) is 17.9 Å². The highest BCUT2D eigenvalue weighted by atomic mass is 32.1. The number of ether oxygens (including phenoxy) is 1. The van der Waals surface area contributed by atoms with Crippen LogP contribution in [0.4, 0.5) is 0 Å². The molecule has 2 aromatic rings. The summed E-state index contributed by atoms with van der Waals surface area (Å²) in [5.74, 6) is 0.619. The van der Waals surface area contributed by atoms with E-state index in [1.54, 1.807) is 38.3 Å². The van der Waals surface area contributed by atoms with E-state index in [9.17, 15) is 4.79 Å². The monoisotopic (exact) mass is 291 g/mol. The molecule has 1 heterocycles. The van der Waals surface area contributed by atoms with Crippen molar-refractivity contribution in [1.29, 1.82) is 0 Å². The molecule has 0 aliphatic rings. The highest BCUT2D eigenvalue weighted by Crippen LogP contribution is 2.20. The number of nitrogens with zero attached hydrogens (tertiary/aromatic N) is 1. The molecule has 6 nitrogen and oxygen atoms in total. The zero-order valence-corrected chi connectivity index (χ0v) is 11.8. The second-order valence-corrected chi connectivity index (χ2v) is 4.46. The summed E-state index contributed by atoms with van der Waals surface area (Å²) in [6, 6.07) is 6.93. The van der Waals surface area contributed by atoms with Gasteiger partial charge in [-0.25, -0.2) is 4.79 Å². The first-order valence-electron chi connectivity index (χ1n) is 5.73. The average molecular weight is 291 g/mol. The number of hydrogen-bond acceptors (Lipinski definition) is 5. The molecule has 7 heteroatoms. The van der Waals surface area contributed by atoms with E-state index in [0.717, 1.165) is 5.39 Å². The summed E-state index contributed by atoms with van der Waals surface area (Å²) in [6.07, 6.45) is 0. The Hall–Kier alpha value is -2.41. The molecule has 0 radical (unpaired) electrons. The maximum Gasteiger partial charge on any atom is 0.345 e. The molecule has 0 saturated carbocycles. The molecular formula is C13H13N3O3S. The third kappa shape index (κ3) is 2.94. The summed E-state index contributed by atoms with van der Waals surface area (Å²) in [7, 11) is 1.55. The molecule has 20 heavy (non-hydrogen) atoms. The molecule has 0 aliphatic heterocycles. The van der Waals surface area contributed by atoms with E-state index >= 15 is 0 Å². The summed E-state index contributed by atoms with van der Waals surface area (Å²) in [6.45, 7) is 1.66. The highest BCUT2D eigenvalue weighted by molar-refractivity contribution is 7.80. The lowest BCUT2D eigenvalue weighted by Gasteiger charge is -2.04. The van der Waals surface area contributed by atoms with Gasteiger partial charge < -0.3 is 14.9 Å². The normalized spacial score (nSPS) is 11.4. The highest BCUT2D eigenvalue weighted by Gasteiger charge is 2.09. The number of fused-ring (bicyclic) bond motifs is 1. The van der Waals surface area contributed by atoms with E-state index < -0.39 is 5.63 Å². The molecule has 0 bridgehead atoms. The quantitative estimate of drug-likeness (QED) is 0.384. The number of nitrogens with two attached hydrogens (primary N) is 1. The van der Waals surface area contributed by atoms with E-state index in [-0.39, 0.29) is 5.11 Å². The molecule has 1 aromatic heterocycles. The number of methoxy groups -OCH3 is 1. The summed E-state index contributed by atoms with van der Waals surface area (Å²) in [4.78, 5) is 11.9. The predicted octanol–water partition coefficient (Wildman–Crippen LogP) is 1.36. The molecule has 2 rings (SSSR count). The van der Waals surface area contributed by atoms with Gasteiger partial charge in [0.05, 0.1) is 18.4 Å². The van der Waals surface area contributed by atoms with Crippen LogP contribution in [0.25, 0.3) is 11.0 Å². The second-order valence-electron chi connectivity index (χ2n) is 4.02. The Morgan fingerprint density at radius 1 is 1.45 bits per heavy atom. The first-order chi connectivity index (χ1) is 9.51. The van der Waals surface area contributed by atoms with Gasteiger partial charge >= 0.3 is 5.63 Å². The van der Waals surface area contributed by atoms with Crippen LogP contribution in [-0.2, 0) is 0 Å². The van der Waals surface area contributed by atoms with Gasteiger partial charge in [0.15, 0.2) is 5.11 Å². The molecule has 0 saturated heterocycles. The van der Waals surface area contributed by atoms with Crippen LogP contribution >= 0.6 is 12.2 Å².